The highest BCUT2D eigenvalue weighted by Crippen LogP contribution is 2.38. The molecule has 0 aromatic heterocycles. The summed E-state index contributed by atoms with van der Waals surface area (Å²) in [5.41, 5.74) is 0. The number of benzene rings is 1. The molecule has 3 rings (SSSR count). The molecule has 1 aromatic carbocycles. The van der Waals surface area contributed by atoms with E-state index in [0.29, 0.717) is 19.0 Å². The van der Waals surface area contributed by atoms with Gasteiger partial charge >= 0.3 is 0 Å². The van der Waals surface area contributed by atoms with Gasteiger partial charge in [0.1, 0.15) is 0 Å². The Labute approximate surface area is 156 Å². The van der Waals surface area contributed by atoms with Crippen LogP contribution in [-0.4, -0.2) is 52.7 Å². The van der Waals surface area contributed by atoms with Crippen LogP contribution in [-0.2, 0) is 24.6 Å². The number of sulfonamides is 1. The first-order valence-electron chi connectivity index (χ1n) is 9.17. The van der Waals surface area contributed by atoms with Gasteiger partial charge in [0.2, 0.25) is 10.0 Å². The number of ether oxygens (including phenoxy) is 1. The van der Waals surface area contributed by atoms with Crippen molar-refractivity contribution in [3.63, 3.8) is 0 Å². The lowest BCUT2D eigenvalue weighted by atomic mass is 10.1. The van der Waals surface area contributed by atoms with E-state index in [9.17, 15) is 16.8 Å². The molecule has 0 amide bonds. The Morgan fingerprint density at radius 1 is 1.04 bits per heavy atom. The van der Waals surface area contributed by atoms with Crippen molar-refractivity contribution in [1.29, 1.82) is 0 Å². The second-order valence-corrected chi connectivity index (χ2v) is 11.3. The zero-order chi connectivity index (χ0) is 18.9. The third-order valence-electron chi connectivity index (χ3n) is 5.08. The lowest BCUT2D eigenvalue weighted by Gasteiger charge is -2.37. The molecule has 2 atom stereocenters. The van der Waals surface area contributed by atoms with Crippen LogP contribution in [0.2, 0.25) is 0 Å². The van der Waals surface area contributed by atoms with Gasteiger partial charge in [0.05, 0.1) is 22.0 Å². The molecular weight excluding hydrogens is 374 g/mol. The van der Waals surface area contributed by atoms with Gasteiger partial charge in [0.25, 0.3) is 0 Å². The first-order chi connectivity index (χ1) is 12.2. The number of nitrogens with zero attached hydrogens (tertiary/aromatic N) is 1. The van der Waals surface area contributed by atoms with Crippen LogP contribution >= 0.6 is 0 Å². The fourth-order valence-electron chi connectivity index (χ4n) is 3.36. The number of sulfone groups is 1. The summed E-state index contributed by atoms with van der Waals surface area (Å²) in [6.07, 6.45) is 6.13. The Balaban J connectivity index is 1.82. The molecule has 0 bridgehead atoms. The van der Waals surface area contributed by atoms with Crippen LogP contribution in [0.15, 0.2) is 34.1 Å². The minimum atomic E-state index is -3.66. The SMILES string of the molecule is CCCC[C@@H]1CN(S(=O)(=O)c2ccc(S(C)(=O)=O)cc2)C[C@H](C2CC2)O1. The summed E-state index contributed by atoms with van der Waals surface area (Å²) in [5.74, 6) is 0.463. The third-order valence-corrected chi connectivity index (χ3v) is 8.05. The molecule has 0 spiro atoms. The summed E-state index contributed by atoms with van der Waals surface area (Å²) in [6.45, 7) is 2.85. The Hall–Kier alpha value is -0.960. The zero-order valence-electron chi connectivity index (χ0n) is 15.3. The number of hydrogen-bond acceptors (Lipinski definition) is 5. The van der Waals surface area contributed by atoms with Crippen LogP contribution in [0.4, 0.5) is 0 Å². The third kappa shape index (κ3) is 4.47. The summed E-state index contributed by atoms with van der Waals surface area (Å²) >= 11 is 0. The molecule has 2 aliphatic rings. The molecule has 1 aliphatic heterocycles. The van der Waals surface area contributed by atoms with Crippen molar-refractivity contribution in [2.75, 3.05) is 19.3 Å². The van der Waals surface area contributed by atoms with Crippen LogP contribution < -0.4 is 0 Å². The van der Waals surface area contributed by atoms with Crippen molar-refractivity contribution < 1.29 is 21.6 Å². The molecule has 26 heavy (non-hydrogen) atoms. The van der Waals surface area contributed by atoms with E-state index >= 15 is 0 Å². The maximum atomic E-state index is 13.1. The molecule has 6 nitrogen and oxygen atoms in total. The lowest BCUT2D eigenvalue weighted by molar-refractivity contribution is -0.0761. The highest BCUT2D eigenvalue weighted by atomic mass is 32.2. The van der Waals surface area contributed by atoms with Crippen LogP contribution in [0.3, 0.4) is 0 Å². The first-order valence-corrected chi connectivity index (χ1v) is 12.5. The van der Waals surface area contributed by atoms with Gasteiger partial charge < -0.3 is 4.74 Å². The van der Waals surface area contributed by atoms with Gasteiger partial charge in [-0.1, -0.05) is 19.8 Å². The number of hydrogen-bond donors (Lipinski definition) is 0. The van der Waals surface area contributed by atoms with Crippen molar-refractivity contribution in [2.24, 2.45) is 5.92 Å². The fourth-order valence-corrected chi connectivity index (χ4v) is 5.47. The molecule has 0 unspecified atom stereocenters. The van der Waals surface area contributed by atoms with E-state index in [0.717, 1.165) is 38.4 Å². The number of rotatable bonds is 7. The molecule has 0 radical (unpaired) electrons. The van der Waals surface area contributed by atoms with E-state index < -0.39 is 19.9 Å². The molecule has 1 aromatic rings. The maximum absolute atomic E-state index is 13.1. The number of morpholine rings is 1. The van der Waals surface area contributed by atoms with E-state index in [1.807, 2.05) is 0 Å². The predicted molar refractivity (Wildman–Crippen MR) is 99.2 cm³/mol. The Bertz CT molecular complexity index is 829. The average Bonchev–Trinajstić information content (AvgIpc) is 3.44. The summed E-state index contributed by atoms with van der Waals surface area (Å²) in [7, 11) is -7.01. The predicted octanol–water partition coefficient (Wildman–Crippen LogP) is 2.45. The molecule has 1 aliphatic carbocycles. The summed E-state index contributed by atoms with van der Waals surface area (Å²) < 4.78 is 57.0. The van der Waals surface area contributed by atoms with Crippen molar-refractivity contribution in [3.05, 3.63) is 24.3 Å². The highest BCUT2D eigenvalue weighted by molar-refractivity contribution is 7.90. The van der Waals surface area contributed by atoms with Crippen LogP contribution in [0, 0.1) is 5.92 Å². The zero-order valence-corrected chi connectivity index (χ0v) is 16.9. The largest absolute Gasteiger partial charge is 0.372 e. The quantitative estimate of drug-likeness (QED) is 0.701. The van der Waals surface area contributed by atoms with Gasteiger partial charge in [-0.05, 0) is 49.4 Å². The molecule has 1 saturated heterocycles. The van der Waals surface area contributed by atoms with Crippen molar-refractivity contribution >= 4 is 19.9 Å². The Morgan fingerprint density at radius 2 is 1.65 bits per heavy atom. The standard InChI is InChI=1S/C18H27NO5S2/c1-3-4-5-15-12-19(13-18(24-15)14-6-7-14)26(22,23)17-10-8-16(9-11-17)25(2,20)21/h8-11,14-15,18H,3-7,12-13H2,1-2H3/t15-,18-/m1/s1. The molecule has 146 valence electrons. The van der Waals surface area contributed by atoms with Gasteiger partial charge in [-0.15, -0.1) is 0 Å². The van der Waals surface area contributed by atoms with Gasteiger partial charge in [0.15, 0.2) is 9.84 Å². The molecular formula is C18H27NO5S2. The van der Waals surface area contributed by atoms with Crippen LogP contribution in [0.25, 0.3) is 0 Å². The summed E-state index contributed by atoms with van der Waals surface area (Å²) in [6, 6.07) is 5.48. The van der Waals surface area contributed by atoms with E-state index in [2.05, 4.69) is 6.92 Å². The minimum Gasteiger partial charge on any atom is -0.372 e. The van der Waals surface area contributed by atoms with Gasteiger partial charge in [-0.3, -0.25) is 0 Å². The Morgan fingerprint density at radius 3 is 2.19 bits per heavy atom. The molecule has 1 heterocycles. The van der Waals surface area contributed by atoms with E-state index in [-0.39, 0.29) is 22.0 Å². The van der Waals surface area contributed by atoms with Crippen molar-refractivity contribution in [3.8, 4) is 0 Å². The van der Waals surface area contributed by atoms with E-state index in [4.69, 9.17) is 4.74 Å². The van der Waals surface area contributed by atoms with Crippen LogP contribution in [0.5, 0.6) is 0 Å². The van der Waals surface area contributed by atoms with Crippen molar-refractivity contribution in [1.82, 2.24) is 4.31 Å². The first kappa shape index (κ1) is 19.8. The minimum absolute atomic E-state index is 0.0318. The fraction of sp³-hybridized carbons (Fsp3) is 0.667. The average molecular weight is 402 g/mol. The highest BCUT2D eigenvalue weighted by Gasteiger charge is 2.41. The molecule has 0 N–H and O–H groups in total. The maximum Gasteiger partial charge on any atom is 0.243 e. The summed E-state index contributed by atoms with van der Waals surface area (Å²) in [4.78, 5) is 0.255. The van der Waals surface area contributed by atoms with E-state index in [1.165, 1.54) is 28.6 Å². The smallest absolute Gasteiger partial charge is 0.243 e. The number of unbranched alkanes of at least 4 members (excludes halogenated alkanes) is 1. The van der Waals surface area contributed by atoms with Gasteiger partial charge in [-0.25, -0.2) is 16.8 Å². The second-order valence-electron chi connectivity index (χ2n) is 7.34. The van der Waals surface area contributed by atoms with Crippen molar-refractivity contribution in [2.45, 2.75) is 61.0 Å². The topological polar surface area (TPSA) is 80.8 Å². The van der Waals surface area contributed by atoms with Gasteiger partial charge in [0, 0.05) is 19.3 Å². The lowest BCUT2D eigenvalue weighted by Crippen LogP contribution is -2.50. The molecule has 2 fully saturated rings. The molecule has 8 heteroatoms. The Kier molecular flexibility index (Phi) is 5.77. The van der Waals surface area contributed by atoms with Crippen LogP contribution in [0.1, 0.15) is 39.0 Å². The van der Waals surface area contributed by atoms with Gasteiger partial charge in [-0.2, -0.15) is 4.31 Å². The monoisotopic (exact) mass is 401 g/mol. The summed E-state index contributed by atoms with van der Waals surface area (Å²) in [5, 5.41) is 0. The van der Waals surface area contributed by atoms with E-state index in [1.54, 1.807) is 0 Å². The normalized spacial score (nSPS) is 25.3. The molecule has 1 saturated carbocycles. The second kappa shape index (κ2) is 7.58.